The van der Waals surface area contributed by atoms with E-state index in [-0.39, 0.29) is 11.6 Å². The molecule has 6 nitrogen and oxygen atoms in total. The summed E-state index contributed by atoms with van der Waals surface area (Å²) in [7, 11) is 0. The van der Waals surface area contributed by atoms with Crippen LogP contribution in [0, 0.1) is 16.0 Å². The maximum atomic E-state index is 12.5. The van der Waals surface area contributed by atoms with Crippen molar-refractivity contribution in [3.63, 3.8) is 0 Å². The number of hydrogen-bond acceptors (Lipinski definition) is 5. The molecule has 1 atom stereocenters. The van der Waals surface area contributed by atoms with Crippen molar-refractivity contribution in [1.82, 2.24) is 4.90 Å². The Kier molecular flexibility index (Phi) is 4.27. The number of non-ortho nitro benzene ring substituents is 1. The Morgan fingerprint density at radius 3 is 2.72 bits per heavy atom. The lowest BCUT2D eigenvalue weighted by Crippen LogP contribution is -2.41. The normalized spacial score (nSPS) is 20.1. The fourth-order valence-corrected chi connectivity index (χ4v) is 4.50. The highest BCUT2D eigenvalue weighted by Gasteiger charge is 2.40. The van der Waals surface area contributed by atoms with Crippen LogP contribution in [0.1, 0.15) is 29.3 Å². The molecule has 1 fully saturated rings. The van der Waals surface area contributed by atoms with Gasteiger partial charge >= 0.3 is 0 Å². The van der Waals surface area contributed by atoms with Gasteiger partial charge in [0.15, 0.2) is 0 Å². The van der Waals surface area contributed by atoms with E-state index in [4.69, 9.17) is 0 Å². The molecule has 2 heterocycles. The molecule has 1 aromatic carbocycles. The highest BCUT2D eigenvalue weighted by Crippen LogP contribution is 2.48. The standard InChI is InChI=1S/C18H19N3O3S/c22-17(19-13-3-5-14(6-4-13)21(23)24)11-20-9-7-16-15(8-10-25-16)18(20)12-1-2-12/h3-6,8,10,12,18H,1-2,7,9,11H2,(H,19,22)/t18-/m0/s1. The van der Waals surface area contributed by atoms with Gasteiger partial charge in [0.25, 0.3) is 5.69 Å². The predicted molar refractivity (Wildman–Crippen MR) is 96.8 cm³/mol. The Labute approximate surface area is 149 Å². The molecule has 7 heteroatoms. The van der Waals surface area contributed by atoms with Gasteiger partial charge in [0.1, 0.15) is 0 Å². The number of carbonyl (C=O) groups is 1. The molecule has 0 radical (unpaired) electrons. The van der Waals surface area contributed by atoms with Gasteiger partial charge in [-0.25, -0.2) is 0 Å². The monoisotopic (exact) mass is 357 g/mol. The molecule has 1 aromatic heterocycles. The second-order valence-electron chi connectivity index (χ2n) is 6.65. The van der Waals surface area contributed by atoms with Crippen LogP contribution in [0.4, 0.5) is 11.4 Å². The average Bonchev–Trinajstić information content (AvgIpc) is 3.31. The van der Waals surface area contributed by atoms with Crippen molar-refractivity contribution in [2.45, 2.75) is 25.3 Å². The first-order valence-electron chi connectivity index (χ1n) is 8.46. The number of nitro groups is 1. The first-order valence-corrected chi connectivity index (χ1v) is 9.34. The Morgan fingerprint density at radius 1 is 1.28 bits per heavy atom. The first kappa shape index (κ1) is 16.2. The van der Waals surface area contributed by atoms with E-state index < -0.39 is 4.92 Å². The summed E-state index contributed by atoms with van der Waals surface area (Å²) in [6.07, 6.45) is 3.47. The highest BCUT2D eigenvalue weighted by molar-refractivity contribution is 7.10. The van der Waals surface area contributed by atoms with Crippen LogP contribution in [-0.4, -0.2) is 28.8 Å². The number of thiophene rings is 1. The van der Waals surface area contributed by atoms with Gasteiger partial charge in [0.05, 0.1) is 11.5 Å². The summed E-state index contributed by atoms with van der Waals surface area (Å²) < 4.78 is 0. The van der Waals surface area contributed by atoms with Crippen LogP contribution >= 0.6 is 11.3 Å². The fraction of sp³-hybridized carbons (Fsp3) is 0.389. The Balaban J connectivity index is 1.42. The maximum Gasteiger partial charge on any atom is 0.269 e. The van der Waals surface area contributed by atoms with Crippen molar-refractivity contribution in [2.24, 2.45) is 5.92 Å². The zero-order valence-corrected chi connectivity index (χ0v) is 14.5. The number of anilines is 1. The average molecular weight is 357 g/mol. The largest absolute Gasteiger partial charge is 0.325 e. The van der Waals surface area contributed by atoms with Gasteiger partial charge < -0.3 is 5.32 Å². The third kappa shape index (κ3) is 3.43. The lowest BCUT2D eigenvalue weighted by molar-refractivity contribution is -0.384. The number of nitrogens with zero attached hydrogens (tertiary/aromatic N) is 2. The zero-order chi connectivity index (χ0) is 17.4. The Bertz CT molecular complexity index is 798. The minimum absolute atomic E-state index is 0.0211. The third-order valence-electron chi connectivity index (χ3n) is 4.90. The number of nitro benzene ring substituents is 1. The number of amides is 1. The van der Waals surface area contributed by atoms with Crippen LogP contribution in [0.3, 0.4) is 0 Å². The highest BCUT2D eigenvalue weighted by atomic mass is 32.1. The summed E-state index contributed by atoms with van der Waals surface area (Å²) in [5.41, 5.74) is 2.02. The lowest BCUT2D eigenvalue weighted by Gasteiger charge is -2.35. The molecular weight excluding hydrogens is 338 g/mol. The number of benzene rings is 1. The van der Waals surface area contributed by atoms with Gasteiger partial charge in [-0.2, -0.15) is 0 Å². The molecule has 1 saturated carbocycles. The van der Waals surface area contributed by atoms with Gasteiger partial charge in [0.2, 0.25) is 5.91 Å². The molecule has 1 N–H and O–H groups in total. The van der Waals surface area contributed by atoms with Gasteiger partial charge in [-0.3, -0.25) is 19.8 Å². The fourth-order valence-electron chi connectivity index (χ4n) is 3.59. The van der Waals surface area contributed by atoms with E-state index >= 15 is 0 Å². The van der Waals surface area contributed by atoms with Crippen LogP contribution in [0.5, 0.6) is 0 Å². The minimum atomic E-state index is -0.446. The van der Waals surface area contributed by atoms with E-state index in [0.717, 1.165) is 13.0 Å². The molecule has 1 aliphatic carbocycles. The Morgan fingerprint density at radius 2 is 2.04 bits per heavy atom. The second-order valence-corrected chi connectivity index (χ2v) is 7.65. The molecule has 0 saturated heterocycles. The van der Waals surface area contributed by atoms with Gasteiger partial charge in [-0.05, 0) is 54.3 Å². The van der Waals surface area contributed by atoms with Crippen molar-refractivity contribution in [3.8, 4) is 0 Å². The summed E-state index contributed by atoms with van der Waals surface area (Å²) in [5.74, 6) is 0.596. The van der Waals surface area contributed by atoms with E-state index in [9.17, 15) is 14.9 Å². The molecule has 0 spiro atoms. The topological polar surface area (TPSA) is 75.5 Å². The molecule has 2 aromatic rings. The summed E-state index contributed by atoms with van der Waals surface area (Å²) in [6, 6.07) is 8.52. The smallest absolute Gasteiger partial charge is 0.269 e. The second kappa shape index (κ2) is 6.57. The van der Waals surface area contributed by atoms with Crippen LogP contribution < -0.4 is 5.32 Å². The molecule has 25 heavy (non-hydrogen) atoms. The summed E-state index contributed by atoms with van der Waals surface area (Å²) in [5, 5.41) is 15.7. The van der Waals surface area contributed by atoms with Crippen molar-refractivity contribution in [1.29, 1.82) is 0 Å². The zero-order valence-electron chi connectivity index (χ0n) is 13.7. The molecule has 0 bridgehead atoms. The van der Waals surface area contributed by atoms with Crippen molar-refractivity contribution < 1.29 is 9.72 Å². The van der Waals surface area contributed by atoms with Gasteiger partial charge in [0, 0.05) is 35.3 Å². The molecule has 0 unspecified atom stereocenters. The van der Waals surface area contributed by atoms with E-state index in [0.29, 0.717) is 24.2 Å². The van der Waals surface area contributed by atoms with E-state index in [1.54, 1.807) is 12.1 Å². The lowest BCUT2D eigenvalue weighted by atomic mass is 9.96. The number of rotatable bonds is 5. The molecule has 4 rings (SSSR count). The molecular formula is C18H19N3O3S. The number of carbonyl (C=O) groups excluding carboxylic acids is 1. The van der Waals surface area contributed by atoms with Crippen molar-refractivity contribution in [3.05, 3.63) is 56.3 Å². The summed E-state index contributed by atoms with van der Waals surface area (Å²) >= 11 is 1.82. The van der Waals surface area contributed by atoms with Crippen LogP contribution in [0.25, 0.3) is 0 Å². The van der Waals surface area contributed by atoms with Gasteiger partial charge in [-0.15, -0.1) is 11.3 Å². The minimum Gasteiger partial charge on any atom is -0.325 e. The summed E-state index contributed by atoms with van der Waals surface area (Å²) in [4.78, 5) is 26.4. The quantitative estimate of drug-likeness (QED) is 0.655. The molecule has 1 amide bonds. The van der Waals surface area contributed by atoms with E-state index in [1.807, 2.05) is 11.3 Å². The van der Waals surface area contributed by atoms with Gasteiger partial charge in [-0.1, -0.05) is 0 Å². The number of nitrogens with one attached hydrogen (secondary N) is 1. The first-order chi connectivity index (χ1) is 12.1. The van der Waals surface area contributed by atoms with E-state index in [1.165, 1.54) is 35.4 Å². The van der Waals surface area contributed by atoms with Crippen molar-refractivity contribution >= 4 is 28.6 Å². The molecule has 1 aliphatic heterocycles. The van der Waals surface area contributed by atoms with Crippen LogP contribution in [0.15, 0.2) is 35.7 Å². The molecule has 130 valence electrons. The third-order valence-corrected chi connectivity index (χ3v) is 5.89. The number of fused-ring (bicyclic) bond motifs is 1. The Hall–Kier alpha value is -2.25. The van der Waals surface area contributed by atoms with Crippen molar-refractivity contribution in [2.75, 3.05) is 18.4 Å². The number of hydrogen-bond donors (Lipinski definition) is 1. The predicted octanol–water partition coefficient (Wildman–Crippen LogP) is 3.60. The maximum absolute atomic E-state index is 12.5. The van der Waals surface area contributed by atoms with Crippen LogP contribution in [-0.2, 0) is 11.2 Å². The molecule has 2 aliphatic rings. The van der Waals surface area contributed by atoms with Crippen LogP contribution in [0.2, 0.25) is 0 Å². The summed E-state index contributed by atoms with van der Waals surface area (Å²) in [6.45, 7) is 1.26. The SMILES string of the molecule is O=C(CN1CCc2sccc2[C@@H]1C1CC1)Nc1ccc([N+](=O)[O-])cc1. The van der Waals surface area contributed by atoms with E-state index in [2.05, 4.69) is 21.7 Å².